The monoisotopic (exact) mass is 575 g/mol. The highest BCUT2D eigenvalue weighted by Gasteiger charge is 2.39. The Labute approximate surface area is 246 Å². The topological polar surface area (TPSA) is 71.0 Å². The quantitative estimate of drug-likeness (QED) is 0.354. The van der Waals surface area contributed by atoms with E-state index < -0.39 is 0 Å². The normalized spacial score (nSPS) is 23.4. The zero-order chi connectivity index (χ0) is 28.7. The van der Waals surface area contributed by atoms with Gasteiger partial charge in [-0.3, -0.25) is 4.79 Å². The number of likely N-dealkylation sites (tertiary alicyclic amines) is 2. The Hall–Kier alpha value is -3.36. The summed E-state index contributed by atoms with van der Waals surface area (Å²) in [6, 6.07) is 12.9. The van der Waals surface area contributed by atoms with Crippen molar-refractivity contribution in [1.82, 2.24) is 19.8 Å². The van der Waals surface area contributed by atoms with E-state index in [1.807, 2.05) is 17.0 Å². The molecule has 2 aromatic carbocycles. The number of carbonyl (C=O) groups excluding carboxylic acids is 1. The van der Waals surface area contributed by atoms with Crippen molar-refractivity contribution >= 4 is 34.1 Å². The maximum atomic E-state index is 12.2. The lowest BCUT2D eigenvalue weighted by Crippen LogP contribution is -2.42. The highest BCUT2D eigenvalue weighted by Crippen LogP contribution is 2.47. The van der Waals surface area contributed by atoms with Crippen molar-refractivity contribution < 1.29 is 14.3 Å². The lowest BCUT2D eigenvalue weighted by molar-refractivity contribution is -0.127. The molecule has 2 fully saturated rings. The van der Waals surface area contributed by atoms with Crippen LogP contribution in [0.25, 0.3) is 10.8 Å². The molecule has 2 saturated heterocycles. The van der Waals surface area contributed by atoms with E-state index in [0.717, 1.165) is 58.7 Å². The summed E-state index contributed by atoms with van der Waals surface area (Å²) < 4.78 is 13.0. The lowest BCUT2D eigenvalue weighted by atomic mass is 9.90. The second-order valence-electron chi connectivity index (χ2n) is 11.5. The first-order valence-electron chi connectivity index (χ1n) is 14.6. The maximum Gasteiger partial charge on any atom is 0.318 e. The zero-order valence-corrected chi connectivity index (χ0v) is 24.8. The number of hydrogen-bond donors (Lipinski definition) is 0. The minimum absolute atomic E-state index is 0.0286. The molecule has 3 atom stereocenters. The molecule has 0 bridgehead atoms. The van der Waals surface area contributed by atoms with Crippen molar-refractivity contribution in [3.05, 3.63) is 65.3 Å². The first-order valence-corrected chi connectivity index (χ1v) is 15.0. The van der Waals surface area contributed by atoms with Crippen LogP contribution in [0.15, 0.2) is 49.1 Å². The van der Waals surface area contributed by atoms with Gasteiger partial charge in [-0.1, -0.05) is 48.5 Å². The van der Waals surface area contributed by atoms with Crippen molar-refractivity contribution in [2.24, 2.45) is 0 Å². The summed E-state index contributed by atoms with van der Waals surface area (Å²) in [7, 11) is 4.20. The first kappa shape index (κ1) is 27.8. The van der Waals surface area contributed by atoms with Crippen LogP contribution in [0.5, 0.6) is 11.8 Å². The van der Waals surface area contributed by atoms with E-state index >= 15 is 0 Å². The fourth-order valence-electron chi connectivity index (χ4n) is 6.72. The Bertz CT molecular complexity index is 1450. The molecule has 1 amide bonds. The van der Waals surface area contributed by atoms with E-state index in [1.165, 1.54) is 12.5 Å². The standard InChI is InChI=1S/C32H38ClN5O3/c1-5-26(39)38-17-14-22(15-18-38)28-30-31(35-32(34-28)40-19-23-11-8-16-36(23)3)37(4)29(20(2)41-30)24-12-6-9-21-10-7-13-25(33)27(21)24/h5-7,9-10,12-13,20,22-23,29H,1,8,11,14-19H2,2-4H3/t20-,23+,29?/m1/s1. The van der Waals surface area contributed by atoms with Crippen LogP contribution in [0.2, 0.25) is 5.02 Å². The summed E-state index contributed by atoms with van der Waals surface area (Å²) >= 11 is 6.75. The molecule has 0 N–H and O–H groups in total. The number of piperidine rings is 1. The molecule has 1 aromatic heterocycles. The molecule has 0 spiro atoms. The number of carbonyl (C=O) groups is 1. The summed E-state index contributed by atoms with van der Waals surface area (Å²) in [4.78, 5) is 28.5. The molecule has 9 heteroatoms. The van der Waals surface area contributed by atoms with Crippen LogP contribution in [0, 0.1) is 0 Å². The summed E-state index contributed by atoms with van der Waals surface area (Å²) in [6.07, 6.45) is 5.06. The molecular formula is C32H38ClN5O3. The van der Waals surface area contributed by atoms with Gasteiger partial charge in [-0.25, -0.2) is 0 Å². The fraction of sp³-hybridized carbons (Fsp3) is 0.469. The number of hydrogen-bond acceptors (Lipinski definition) is 7. The molecule has 0 saturated carbocycles. The average molecular weight is 576 g/mol. The molecule has 3 aromatic rings. The van der Waals surface area contributed by atoms with Gasteiger partial charge in [0, 0.05) is 42.5 Å². The molecule has 3 aliphatic heterocycles. The second-order valence-corrected chi connectivity index (χ2v) is 11.9. The van der Waals surface area contributed by atoms with Gasteiger partial charge in [0.25, 0.3) is 0 Å². The third-order valence-electron chi connectivity index (χ3n) is 9.00. The molecule has 3 aliphatic rings. The number of anilines is 1. The Morgan fingerprint density at radius 3 is 2.59 bits per heavy atom. The van der Waals surface area contributed by atoms with Crippen LogP contribution < -0.4 is 14.4 Å². The first-order chi connectivity index (χ1) is 19.9. The van der Waals surface area contributed by atoms with Gasteiger partial charge >= 0.3 is 6.01 Å². The van der Waals surface area contributed by atoms with E-state index in [2.05, 4.69) is 61.7 Å². The molecule has 0 aliphatic carbocycles. The van der Waals surface area contributed by atoms with Gasteiger partial charge in [0.05, 0.1) is 11.7 Å². The van der Waals surface area contributed by atoms with Crippen molar-refractivity contribution in [2.75, 3.05) is 45.2 Å². The van der Waals surface area contributed by atoms with Crippen LogP contribution in [-0.4, -0.2) is 78.2 Å². The Morgan fingerprint density at radius 2 is 1.88 bits per heavy atom. The van der Waals surface area contributed by atoms with Gasteiger partial charge in [0.1, 0.15) is 12.7 Å². The van der Waals surface area contributed by atoms with Crippen LogP contribution in [-0.2, 0) is 4.79 Å². The second kappa shape index (κ2) is 11.5. The molecule has 41 heavy (non-hydrogen) atoms. The zero-order valence-electron chi connectivity index (χ0n) is 24.1. The summed E-state index contributed by atoms with van der Waals surface area (Å²) in [5, 5.41) is 2.84. The predicted molar refractivity (Wildman–Crippen MR) is 162 cm³/mol. The van der Waals surface area contributed by atoms with E-state index in [1.54, 1.807) is 0 Å². The molecule has 4 heterocycles. The number of likely N-dealkylation sites (N-methyl/N-ethyl adjacent to an activating group) is 2. The van der Waals surface area contributed by atoms with Gasteiger partial charge in [-0.15, -0.1) is 0 Å². The number of nitrogens with zero attached hydrogens (tertiary/aromatic N) is 5. The summed E-state index contributed by atoms with van der Waals surface area (Å²) in [5.74, 6) is 1.53. The number of ether oxygens (including phenoxy) is 2. The van der Waals surface area contributed by atoms with Crippen molar-refractivity contribution in [3.63, 3.8) is 0 Å². The van der Waals surface area contributed by atoms with Crippen LogP contribution in [0.3, 0.4) is 0 Å². The number of rotatable bonds is 6. The van der Waals surface area contributed by atoms with E-state index in [0.29, 0.717) is 37.5 Å². The molecule has 0 radical (unpaired) electrons. The third-order valence-corrected chi connectivity index (χ3v) is 9.32. The fourth-order valence-corrected chi connectivity index (χ4v) is 7.01. The molecule has 1 unspecified atom stereocenters. The van der Waals surface area contributed by atoms with Gasteiger partial charge in [-0.2, -0.15) is 9.97 Å². The van der Waals surface area contributed by atoms with Gasteiger partial charge in [0.15, 0.2) is 11.6 Å². The summed E-state index contributed by atoms with van der Waals surface area (Å²) in [5.41, 5.74) is 1.96. The van der Waals surface area contributed by atoms with Crippen LogP contribution in [0.1, 0.15) is 55.8 Å². The Kier molecular flexibility index (Phi) is 7.79. The van der Waals surface area contributed by atoms with Gasteiger partial charge < -0.3 is 24.2 Å². The van der Waals surface area contributed by atoms with Gasteiger partial charge in [-0.05, 0) is 69.3 Å². The van der Waals surface area contributed by atoms with E-state index in [9.17, 15) is 4.79 Å². The van der Waals surface area contributed by atoms with E-state index in [4.69, 9.17) is 31.0 Å². The highest BCUT2D eigenvalue weighted by molar-refractivity contribution is 6.35. The number of fused-ring (bicyclic) bond motifs is 2. The average Bonchev–Trinajstić information content (AvgIpc) is 3.40. The minimum Gasteiger partial charge on any atom is -0.482 e. The Balaban J connectivity index is 1.38. The minimum atomic E-state index is -0.182. The number of benzene rings is 2. The number of halogens is 1. The van der Waals surface area contributed by atoms with Crippen LogP contribution in [0.4, 0.5) is 5.82 Å². The number of amides is 1. The SMILES string of the molecule is C=CC(=O)N1CCC(c2nc(OC[C@@H]3CCCN3C)nc3c2O[C@H](C)C(c2cccc4cccc(Cl)c24)N3C)CC1. The molecule has 216 valence electrons. The smallest absolute Gasteiger partial charge is 0.318 e. The predicted octanol–water partition coefficient (Wildman–Crippen LogP) is 5.61. The molecule has 8 nitrogen and oxygen atoms in total. The summed E-state index contributed by atoms with van der Waals surface area (Å²) in [6.45, 7) is 8.67. The van der Waals surface area contributed by atoms with Gasteiger partial charge in [0.2, 0.25) is 5.91 Å². The van der Waals surface area contributed by atoms with Crippen molar-refractivity contribution in [1.29, 1.82) is 0 Å². The third kappa shape index (κ3) is 5.24. The maximum absolute atomic E-state index is 12.2. The van der Waals surface area contributed by atoms with Crippen molar-refractivity contribution in [3.8, 4) is 11.8 Å². The largest absolute Gasteiger partial charge is 0.482 e. The lowest BCUT2D eigenvalue weighted by Gasteiger charge is -2.41. The van der Waals surface area contributed by atoms with Crippen molar-refractivity contribution in [2.45, 2.75) is 56.7 Å². The Morgan fingerprint density at radius 1 is 1.12 bits per heavy atom. The van der Waals surface area contributed by atoms with E-state index in [-0.39, 0.29) is 24.0 Å². The number of aromatic nitrogens is 2. The highest BCUT2D eigenvalue weighted by atomic mass is 35.5. The van der Waals surface area contributed by atoms with Crippen LogP contribution >= 0.6 is 11.6 Å². The molecular weight excluding hydrogens is 538 g/mol. The molecule has 6 rings (SSSR count).